The molecule has 110 valence electrons. The number of carbonyl (C=O) groups excluding carboxylic acids is 1. The zero-order valence-electron chi connectivity index (χ0n) is 11.5. The van der Waals surface area contributed by atoms with Crippen LogP contribution in [0, 0.1) is 0 Å². The van der Waals surface area contributed by atoms with E-state index in [1.165, 1.54) is 0 Å². The Balaban J connectivity index is 2.03. The maximum absolute atomic E-state index is 11.3. The van der Waals surface area contributed by atoms with Gasteiger partial charge >= 0.3 is 0 Å². The summed E-state index contributed by atoms with van der Waals surface area (Å²) in [5, 5.41) is 10.1. The predicted octanol–water partition coefficient (Wildman–Crippen LogP) is 1.36. The van der Waals surface area contributed by atoms with Gasteiger partial charge in [0.2, 0.25) is 0 Å². The summed E-state index contributed by atoms with van der Waals surface area (Å²) in [6.45, 7) is 0.491. The van der Waals surface area contributed by atoms with Gasteiger partial charge < -0.3 is 21.3 Å². The molecule has 1 atom stereocenters. The molecular formula is C16H18N2O3. The minimum absolute atomic E-state index is 0.0340. The van der Waals surface area contributed by atoms with Crippen molar-refractivity contribution in [2.24, 2.45) is 11.5 Å². The molecule has 2 aromatic carbocycles. The molecule has 5 N–H and O–H groups in total. The molecule has 0 saturated heterocycles. The predicted molar refractivity (Wildman–Crippen MR) is 79.7 cm³/mol. The first-order chi connectivity index (χ1) is 10.1. The van der Waals surface area contributed by atoms with Gasteiger partial charge in [0, 0.05) is 6.54 Å². The van der Waals surface area contributed by atoms with E-state index in [1.54, 1.807) is 36.4 Å². The smallest absolute Gasteiger partial charge is 0.252 e. The highest BCUT2D eigenvalue weighted by molar-refractivity contribution is 5.95. The number of hydrogen-bond donors (Lipinski definition) is 3. The van der Waals surface area contributed by atoms with Gasteiger partial charge in [0.05, 0.1) is 5.56 Å². The van der Waals surface area contributed by atoms with Crippen molar-refractivity contribution in [2.75, 3.05) is 6.61 Å². The first kappa shape index (κ1) is 15.0. The quantitative estimate of drug-likeness (QED) is 0.746. The fraction of sp³-hybridized carbons (Fsp3) is 0.188. The van der Waals surface area contributed by atoms with Crippen LogP contribution in [0.15, 0.2) is 48.5 Å². The summed E-state index contributed by atoms with van der Waals surface area (Å²) >= 11 is 0. The number of aliphatic hydroxyl groups is 1. The number of primary amides is 1. The highest BCUT2D eigenvalue weighted by Crippen LogP contribution is 2.20. The van der Waals surface area contributed by atoms with E-state index in [4.69, 9.17) is 16.2 Å². The second-order valence-corrected chi connectivity index (χ2v) is 4.63. The molecule has 0 radical (unpaired) electrons. The first-order valence-electron chi connectivity index (χ1n) is 6.60. The Morgan fingerprint density at radius 1 is 1.14 bits per heavy atom. The Kier molecular flexibility index (Phi) is 4.92. The summed E-state index contributed by atoms with van der Waals surface area (Å²) in [6.07, 6.45) is -0.794. The molecule has 0 bridgehead atoms. The zero-order chi connectivity index (χ0) is 15.2. The molecule has 1 amide bonds. The van der Waals surface area contributed by atoms with Crippen molar-refractivity contribution in [3.05, 3.63) is 65.2 Å². The Morgan fingerprint density at radius 3 is 2.43 bits per heavy atom. The topological polar surface area (TPSA) is 98.6 Å². The minimum Gasteiger partial charge on any atom is -0.490 e. The summed E-state index contributed by atoms with van der Waals surface area (Å²) in [7, 11) is 0. The van der Waals surface area contributed by atoms with E-state index in [0.29, 0.717) is 17.9 Å². The number of benzene rings is 2. The van der Waals surface area contributed by atoms with Crippen molar-refractivity contribution in [3.8, 4) is 5.75 Å². The molecule has 0 saturated carbocycles. The Hall–Kier alpha value is -2.37. The normalized spacial score (nSPS) is 11.9. The van der Waals surface area contributed by atoms with Crippen molar-refractivity contribution >= 4 is 5.91 Å². The van der Waals surface area contributed by atoms with E-state index >= 15 is 0 Å². The summed E-state index contributed by atoms with van der Waals surface area (Å²) in [6, 6.07) is 14.0. The first-order valence-corrected chi connectivity index (χ1v) is 6.60. The lowest BCUT2D eigenvalue weighted by Crippen LogP contribution is -2.15. The number of carbonyl (C=O) groups is 1. The highest BCUT2D eigenvalue weighted by atomic mass is 16.5. The molecule has 5 nitrogen and oxygen atoms in total. The van der Waals surface area contributed by atoms with Crippen molar-refractivity contribution in [2.45, 2.75) is 12.6 Å². The van der Waals surface area contributed by atoms with Gasteiger partial charge in [-0.3, -0.25) is 4.79 Å². The summed E-state index contributed by atoms with van der Waals surface area (Å²) < 4.78 is 5.50. The zero-order valence-corrected chi connectivity index (χ0v) is 11.5. The van der Waals surface area contributed by atoms with Gasteiger partial charge in [0.15, 0.2) is 0 Å². The number of aliphatic hydroxyl groups excluding tert-OH is 1. The van der Waals surface area contributed by atoms with Gasteiger partial charge in [-0.05, 0) is 23.3 Å². The van der Waals surface area contributed by atoms with E-state index in [9.17, 15) is 9.90 Å². The van der Waals surface area contributed by atoms with Gasteiger partial charge in [0.1, 0.15) is 18.5 Å². The van der Waals surface area contributed by atoms with Crippen LogP contribution in [0.2, 0.25) is 0 Å². The van der Waals surface area contributed by atoms with E-state index in [1.807, 2.05) is 12.1 Å². The Bertz CT molecular complexity index is 611. The second kappa shape index (κ2) is 6.88. The van der Waals surface area contributed by atoms with Gasteiger partial charge in [-0.15, -0.1) is 0 Å². The molecule has 0 spiro atoms. The monoisotopic (exact) mass is 286 g/mol. The van der Waals surface area contributed by atoms with Gasteiger partial charge in [0.25, 0.3) is 5.91 Å². The second-order valence-electron chi connectivity index (χ2n) is 4.63. The van der Waals surface area contributed by atoms with Gasteiger partial charge in [-0.25, -0.2) is 0 Å². The van der Waals surface area contributed by atoms with Crippen LogP contribution in [0.25, 0.3) is 0 Å². The number of rotatable bonds is 6. The summed E-state index contributed by atoms with van der Waals surface area (Å²) in [5.41, 5.74) is 12.8. The molecule has 0 aliphatic rings. The molecule has 2 aromatic rings. The average molecular weight is 286 g/mol. The molecule has 0 aliphatic carbocycles. The third-order valence-corrected chi connectivity index (χ3v) is 3.15. The lowest BCUT2D eigenvalue weighted by molar-refractivity contribution is 0.0967. The largest absolute Gasteiger partial charge is 0.490 e. The Labute approximate surface area is 123 Å². The number of nitrogens with two attached hydrogens (primary N) is 2. The molecule has 0 aliphatic heterocycles. The van der Waals surface area contributed by atoms with Crippen LogP contribution in [0.3, 0.4) is 0 Å². The van der Waals surface area contributed by atoms with Crippen LogP contribution >= 0.6 is 0 Å². The van der Waals surface area contributed by atoms with Crippen LogP contribution in [0.1, 0.15) is 27.6 Å². The fourth-order valence-electron chi connectivity index (χ4n) is 1.94. The molecule has 0 heterocycles. The van der Waals surface area contributed by atoms with E-state index in [-0.39, 0.29) is 6.61 Å². The van der Waals surface area contributed by atoms with Crippen molar-refractivity contribution in [1.82, 2.24) is 0 Å². The number of hydrogen-bond acceptors (Lipinski definition) is 4. The SMILES string of the molecule is NCc1ccc(C(O)COc2ccccc2C(N)=O)cc1. The fourth-order valence-corrected chi connectivity index (χ4v) is 1.94. The van der Waals surface area contributed by atoms with E-state index in [0.717, 1.165) is 11.1 Å². The highest BCUT2D eigenvalue weighted by Gasteiger charge is 2.12. The van der Waals surface area contributed by atoms with Crippen LogP contribution in [0.5, 0.6) is 5.75 Å². The van der Waals surface area contributed by atoms with Crippen molar-refractivity contribution < 1.29 is 14.6 Å². The molecule has 2 rings (SSSR count). The summed E-state index contributed by atoms with van der Waals surface area (Å²) in [5.74, 6) is -0.199. The summed E-state index contributed by atoms with van der Waals surface area (Å²) in [4.78, 5) is 11.3. The van der Waals surface area contributed by atoms with Crippen LogP contribution in [0.4, 0.5) is 0 Å². The van der Waals surface area contributed by atoms with E-state index < -0.39 is 12.0 Å². The Morgan fingerprint density at radius 2 is 1.81 bits per heavy atom. The van der Waals surface area contributed by atoms with Gasteiger partial charge in [-0.1, -0.05) is 36.4 Å². The number of amides is 1. The van der Waals surface area contributed by atoms with Crippen molar-refractivity contribution in [3.63, 3.8) is 0 Å². The standard InChI is InChI=1S/C16H18N2O3/c17-9-11-5-7-12(8-6-11)14(19)10-21-15-4-2-1-3-13(15)16(18)20/h1-8,14,19H,9-10,17H2,(H2,18,20). The average Bonchev–Trinajstić information content (AvgIpc) is 2.52. The lowest BCUT2D eigenvalue weighted by Gasteiger charge is -2.14. The van der Waals surface area contributed by atoms with Crippen molar-refractivity contribution in [1.29, 1.82) is 0 Å². The molecule has 1 unspecified atom stereocenters. The van der Waals surface area contributed by atoms with E-state index in [2.05, 4.69) is 0 Å². The minimum atomic E-state index is -0.794. The third-order valence-electron chi connectivity index (χ3n) is 3.15. The van der Waals surface area contributed by atoms with Crippen LogP contribution in [-0.2, 0) is 6.54 Å². The van der Waals surface area contributed by atoms with Crippen LogP contribution in [-0.4, -0.2) is 17.6 Å². The molecular weight excluding hydrogens is 268 g/mol. The van der Waals surface area contributed by atoms with Gasteiger partial charge in [-0.2, -0.15) is 0 Å². The molecule has 0 fully saturated rings. The third kappa shape index (κ3) is 3.81. The number of ether oxygens (including phenoxy) is 1. The maximum atomic E-state index is 11.3. The molecule has 5 heteroatoms. The number of para-hydroxylation sites is 1. The lowest BCUT2D eigenvalue weighted by atomic mass is 10.1. The maximum Gasteiger partial charge on any atom is 0.252 e. The molecule has 21 heavy (non-hydrogen) atoms. The van der Waals surface area contributed by atoms with Crippen LogP contribution < -0.4 is 16.2 Å². The molecule has 0 aromatic heterocycles.